The Morgan fingerprint density at radius 1 is 0.415 bits per heavy atom. The summed E-state index contributed by atoms with van der Waals surface area (Å²) >= 11 is 0. The van der Waals surface area contributed by atoms with E-state index in [1.807, 2.05) is 91.0 Å². The summed E-state index contributed by atoms with van der Waals surface area (Å²) in [5, 5.41) is 4.29. The lowest BCUT2D eigenvalue weighted by atomic mass is 10.0. The van der Waals surface area contributed by atoms with Crippen LogP contribution in [0.3, 0.4) is 0 Å². The Balaban J connectivity index is 1.26. The number of fused-ring (bicyclic) bond motifs is 4. The van der Waals surface area contributed by atoms with E-state index in [1.54, 1.807) is 0 Å². The number of nitrogens with zero attached hydrogens (tertiary/aromatic N) is 4. The summed E-state index contributed by atoms with van der Waals surface area (Å²) in [7, 11) is 0. The minimum absolute atomic E-state index is 0.617. The van der Waals surface area contributed by atoms with Gasteiger partial charge in [0.1, 0.15) is 5.52 Å². The predicted molar refractivity (Wildman–Crippen MR) is 164 cm³/mol. The minimum atomic E-state index is 0.617. The molecule has 0 amide bonds. The molecule has 6 aromatic carbocycles. The summed E-state index contributed by atoms with van der Waals surface area (Å²) in [5.74, 6) is 2.51. The quantitative estimate of drug-likeness (QED) is 0.229. The summed E-state index contributed by atoms with van der Waals surface area (Å²) < 4.78 is 6.42. The molecule has 2 aromatic heterocycles. The van der Waals surface area contributed by atoms with Crippen molar-refractivity contribution in [2.75, 3.05) is 0 Å². The van der Waals surface area contributed by atoms with E-state index in [-0.39, 0.29) is 0 Å². The van der Waals surface area contributed by atoms with Crippen LogP contribution in [0.1, 0.15) is 0 Å². The van der Waals surface area contributed by atoms with Gasteiger partial charge in [-0.05, 0) is 40.4 Å². The van der Waals surface area contributed by atoms with Crippen molar-refractivity contribution in [3.63, 3.8) is 0 Å². The number of hydrogen-bond donors (Lipinski definition) is 0. The number of aromatic nitrogens is 4. The zero-order chi connectivity index (χ0) is 27.2. The first kappa shape index (κ1) is 23.2. The van der Waals surface area contributed by atoms with E-state index in [0.717, 1.165) is 54.9 Å². The minimum Gasteiger partial charge on any atom is -0.435 e. The van der Waals surface area contributed by atoms with E-state index >= 15 is 0 Å². The Labute approximate surface area is 235 Å². The molecular formula is C36H22N4O. The molecule has 0 aliphatic heterocycles. The van der Waals surface area contributed by atoms with Gasteiger partial charge in [0.05, 0.1) is 0 Å². The largest absolute Gasteiger partial charge is 0.435 e. The van der Waals surface area contributed by atoms with Gasteiger partial charge >= 0.3 is 0 Å². The third kappa shape index (κ3) is 4.12. The Morgan fingerprint density at radius 3 is 1.78 bits per heavy atom. The van der Waals surface area contributed by atoms with Crippen LogP contribution >= 0.6 is 0 Å². The van der Waals surface area contributed by atoms with Gasteiger partial charge in [0.2, 0.25) is 5.89 Å². The third-order valence-corrected chi connectivity index (χ3v) is 7.35. The molecule has 41 heavy (non-hydrogen) atoms. The van der Waals surface area contributed by atoms with Crippen molar-refractivity contribution in [3.8, 4) is 45.6 Å². The van der Waals surface area contributed by atoms with E-state index in [4.69, 9.17) is 24.4 Å². The van der Waals surface area contributed by atoms with Crippen molar-refractivity contribution in [1.82, 2.24) is 19.9 Å². The Bertz CT molecular complexity index is 2140. The highest BCUT2D eigenvalue weighted by Gasteiger charge is 2.16. The molecular weight excluding hydrogens is 504 g/mol. The van der Waals surface area contributed by atoms with Gasteiger partial charge in [-0.2, -0.15) is 0 Å². The van der Waals surface area contributed by atoms with Crippen molar-refractivity contribution in [3.05, 3.63) is 133 Å². The van der Waals surface area contributed by atoms with Crippen LogP contribution in [0, 0.1) is 0 Å². The van der Waals surface area contributed by atoms with Gasteiger partial charge < -0.3 is 4.42 Å². The molecule has 0 unspecified atom stereocenters. The Morgan fingerprint density at radius 2 is 1.05 bits per heavy atom. The molecule has 0 aliphatic carbocycles. The van der Waals surface area contributed by atoms with Crippen LogP contribution in [0.5, 0.6) is 0 Å². The van der Waals surface area contributed by atoms with Crippen LogP contribution in [0.25, 0.3) is 78.3 Å². The Kier molecular flexibility index (Phi) is 5.38. The normalized spacial score (nSPS) is 11.4. The lowest BCUT2D eigenvalue weighted by molar-refractivity contribution is 0.623. The molecule has 0 aliphatic rings. The summed E-state index contributed by atoms with van der Waals surface area (Å²) in [5.41, 5.74) is 5.36. The molecule has 2 heterocycles. The van der Waals surface area contributed by atoms with E-state index in [0.29, 0.717) is 23.4 Å². The molecule has 0 radical (unpaired) electrons. The van der Waals surface area contributed by atoms with Crippen molar-refractivity contribution in [2.24, 2.45) is 0 Å². The molecule has 0 fully saturated rings. The van der Waals surface area contributed by atoms with Crippen molar-refractivity contribution >= 4 is 32.6 Å². The van der Waals surface area contributed by atoms with Gasteiger partial charge in [-0.15, -0.1) is 0 Å². The lowest BCUT2D eigenvalue weighted by Crippen LogP contribution is -2.00. The van der Waals surface area contributed by atoms with Crippen molar-refractivity contribution in [2.45, 2.75) is 0 Å². The van der Waals surface area contributed by atoms with Crippen LogP contribution in [0.2, 0.25) is 0 Å². The maximum absolute atomic E-state index is 6.42. The highest BCUT2D eigenvalue weighted by Crippen LogP contribution is 2.35. The van der Waals surface area contributed by atoms with Crippen LogP contribution in [-0.2, 0) is 0 Å². The summed E-state index contributed by atoms with van der Waals surface area (Å²) in [4.78, 5) is 19.4. The summed E-state index contributed by atoms with van der Waals surface area (Å²) in [6, 6.07) is 44.8. The smallest absolute Gasteiger partial charge is 0.227 e. The zero-order valence-corrected chi connectivity index (χ0v) is 21.9. The Hall–Kier alpha value is -5.68. The van der Waals surface area contributed by atoms with Crippen molar-refractivity contribution < 1.29 is 4.42 Å². The maximum Gasteiger partial charge on any atom is 0.227 e. The molecule has 0 saturated carbocycles. The SMILES string of the molecule is c1ccc(-c2nc(-c3ccccc3)nc(-c3ccc4c(ccc5nc(-c6cccc7ccccc67)oc54)c3)n2)cc1. The standard InChI is InChI=1S/C36H22N4O/c1-3-11-24(12-4-1)33-38-34(25-13-5-2-6-14-25)40-35(39-33)27-18-20-29-26(22-27)19-21-31-32(29)41-36(37-31)30-17-9-15-23-10-7-8-16-28(23)30/h1-22H. The molecule has 5 nitrogen and oxygen atoms in total. The number of oxazole rings is 1. The first-order valence-corrected chi connectivity index (χ1v) is 13.5. The van der Waals surface area contributed by atoms with E-state index < -0.39 is 0 Å². The summed E-state index contributed by atoms with van der Waals surface area (Å²) in [6.07, 6.45) is 0. The third-order valence-electron chi connectivity index (χ3n) is 7.35. The van der Waals surface area contributed by atoms with E-state index in [2.05, 4.69) is 42.5 Å². The molecule has 0 N–H and O–H groups in total. The molecule has 8 aromatic rings. The average Bonchev–Trinajstić information content (AvgIpc) is 3.50. The van der Waals surface area contributed by atoms with Crippen LogP contribution < -0.4 is 0 Å². The van der Waals surface area contributed by atoms with Crippen LogP contribution in [-0.4, -0.2) is 19.9 Å². The van der Waals surface area contributed by atoms with E-state index in [9.17, 15) is 0 Å². The molecule has 0 atom stereocenters. The predicted octanol–water partition coefficient (Wildman–Crippen LogP) is 8.99. The van der Waals surface area contributed by atoms with Gasteiger partial charge in [-0.25, -0.2) is 19.9 Å². The van der Waals surface area contributed by atoms with Gasteiger partial charge in [0, 0.05) is 27.6 Å². The van der Waals surface area contributed by atoms with Gasteiger partial charge in [-0.1, -0.05) is 109 Å². The highest BCUT2D eigenvalue weighted by molar-refractivity contribution is 6.05. The molecule has 8 rings (SSSR count). The first-order valence-electron chi connectivity index (χ1n) is 13.5. The highest BCUT2D eigenvalue weighted by atomic mass is 16.3. The van der Waals surface area contributed by atoms with Gasteiger partial charge in [0.15, 0.2) is 23.1 Å². The molecule has 0 saturated heterocycles. The van der Waals surface area contributed by atoms with E-state index in [1.165, 1.54) is 0 Å². The fourth-order valence-corrected chi connectivity index (χ4v) is 5.32. The van der Waals surface area contributed by atoms with Gasteiger partial charge in [-0.3, -0.25) is 0 Å². The monoisotopic (exact) mass is 526 g/mol. The fraction of sp³-hybridized carbons (Fsp3) is 0. The summed E-state index contributed by atoms with van der Waals surface area (Å²) in [6.45, 7) is 0. The lowest BCUT2D eigenvalue weighted by Gasteiger charge is -2.09. The fourth-order valence-electron chi connectivity index (χ4n) is 5.32. The van der Waals surface area contributed by atoms with Crippen LogP contribution in [0.15, 0.2) is 138 Å². The topological polar surface area (TPSA) is 64.7 Å². The number of rotatable bonds is 4. The first-order chi connectivity index (χ1) is 20.3. The molecule has 5 heteroatoms. The van der Waals surface area contributed by atoms with Gasteiger partial charge in [0.25, 0.3) is 0 Å². The average molecular weight is 527 g/mol. The molecule has 0 spiro atoms. The molecule has 0 bridgehead atoms. The number of hydrogen-bond acceptors (Lipinski definition) is 5. The second kappa shape index (κ2) is 9.50. The zero-order valence-electron chi connectivity index (χ0n) is 21.9. The van der Waals surface area contributed by atoms with Crippen molar-refractivity contribution in [1.29, 1.82) is 0 Å². The maximum atomic E-state index is 6.42. The second-order valence-corrected chi connectivity index (χ2v) is 9.93. The molecule has 192 valence electrons. The number of benzene rings is 6. The second-order valence-electron chi connectivity index (χ2n) is 9.93. The van der Waals surface area contributed by atoms with Crippen LogP contribution in [0.4, 0.5) is 0 Å².